The number of barbiturate groups is 1. The fourth-order valence-electron chi connectivity index (χ4n) is 3.71. The first-order valence-electron chi connectivity index (χ1n) is 11.1. The van der Waals surface area contributed by atoms with Crippen molar-refractivity contribution in [2.75, 3.05) is 12.0 Å². The van der Waals surface area contributed by atoms with Crippen LogP contribution in [-0.4, -0.2) is 33.4 Å². The van der Waals surface area contributed by atoms with E-state index in [1.54, 1.807) is 18.2 Å². The molecule has 4 rings (SSSR count). The van der Waals surface area contributed by atoms with Crippen LogP contribution in [0.5, 0.6) is 11.5 Å². The van der Waals surface area contributed by atoms with Crippen molar-refractivity contribution in [1.29, 1.82) is 0 Å². The summed E-state index contributed by atoms with van der Waals surface area (Å²) in [7, 11) is -2.87. The van der Waals surface area contributed by atoms with E-state index in [-0.39, 0.29) is 34.1 Å². The Morgan fingerprint density at radius 2 is 1.71 bits per heavy atom. The number of methoxy groups -OCH3 is 1. The third-order valence-corrected chi connectivity index (χ3v) is 6.95. The summed E-state index contributed by atoms with van der Waals surface area (Å²) in [6.45, 7) is 3.70. The van der Waals surface area contributed by atoms with Crippen molar-refractivity contribution < 1.29 is 31.7 Å². The maximum Gasteiger partial charge on any atom is 0.339 e. The van der Waals surface area contributed by atoms with E-state index < -0.39 is 28.0 Å². The molecule has 4 amide bonds. The Kier molecular flexibility index (Phi) is 7.65. The Morgan fingerprint density at radius 1 is 1.03 bits per heavy atom. The maximum absolute atomic E-state index is 13.2. The van der Waals surface area contributed by atoms with Gasteiger partial charge in [0.15, 0.2) is 11.5 Å². The number of carbonyl (C=O) groups excluding carboxylic acids is 3. The molecule has 194 valence electrons. The Bertz CT molecular complexity index is 1570. The van der Waals surface area contributed by atoms with E-state index in [0.717, 1.165) is 4.90 Å². The Balaban J connectivity index is 1.76. The Hall–Kier alpha value is -4.41. The zero-order chi connectivity index (χ0) is 27.4. The van der Waals surface area contributed by atoms with Crippen molar-refractivity contribution in [2.45, 2.75) is 11.3 Å². The van der Waals surface area contributed by atoms with Crippen LogP contribution in [0.4, 0.5) is 10.5 Å². The number of nitrogens with one attached hydrogen (secondary N) is 1. The highest BCUT2D eigenvalue weighted by Gasteiger charge is 2.37. The van der Waals surface area contributed by atoms with E-state index in [9.17, 15) is 22.8 Å². The first-order valence-corrected chi connectivity index (χ1v) is 12.9. The highest BCUT2D eigenvalue weighted by atomic mass is 35.5. The van der Waals surface area contributed by atoms with Crippen molar-refractivity contribution in [3.63, 3.8) is 0 Å². The van der Waals surface area contributed by atoms with Crippen LogP contribution in [0.1, 0.15) is 11.1 Å². The molecular weight excluding hydrogens is 532 g/mol. The molecule has 1 N–H and O–H groups in total. The molecule has 38 heavy (non-hydrogen) atoms. The fraction of sp³-hybridized carbons (Fsp3) is 0.0741. The second-order valence-electron chi connectivity index (χ2n) is 7.99. The number of carbonyl (C=O) groups is 3. The molecule has 0 aromatic heterocycles. The largest absolute Gasteiger partial charge is 0.493 e. The standard InChI is InChI=1S/C27H21ClN2O7S/c1-3-7-18-14-17(16-23(36-2)24(18)37-38(34,35)21-8-5-4-6-9-21)15-22-25(31)29-27(33)30(26(22)32)20-12-10-19(28)11-13-20/h3-6,8-16H,1,7H2,2H3,(H,29,31,33)/b22-15+. The van der Waals surface area contributed by atoms with E-state index in [2.05, 4.69) is 11.9 Å². The van der Waals surface area contributed by atoms with Gasteiger partial charge in [-0.2, -0.15) is 8.42 Å². The number of amides is 4. The summed E-state index contributed by atoms with van der Waals surface area (Å²) >= 11 is 5.90. The quantitative estimate of drug-likeness (QED) is 0.189. The summed E-state index contributed by atoms with van der Waals surface area (Å²) in [6.07, 6.45) is 2.99. The van der Waals surface area contributed by atoms with Gasteiger partial charge < -0.3 is 8.92 Å². The van der Waals surface area contributed by atoms with Crippen LogP contribution >= 0.6 is 11.6 Å². The number of benzene rings is 3. The van der Waals surface area contributed by atoms with E-state index in [4.69, 9.17) is 20.5 Å². The molecule has 9 nitrogen and oxygen atoms in total. The van der Waals surface area contributed by atoms with E-state index >= 15 is 0 Å². The minimum atomic E-state index is -4.19. The number of allylic oxidation sites excluding steroid dienone is 1. The van der Waals surface area contributed by atoms with Crippen molar-refractivity contribution in [3.05, 3.63) is 101 Å². The molecule has 0 atom stereocenters. The van der Waals surface area contributed by atoms with Gasteiger partial charge in [-0.3, -0.25) is 14.9 Å². The molecule has 11 heteroatoms. The van der Waals surface area contributed by atoms with Gasteiger partial charge in [-0.1, -0.05) is 35.9 Å². The molecule has 3 aromatic carbocycles. The lowest BCUT2D eigenvalue weighted by Gasteiger charge is -2.26. The molecule has 0 aliphatic carbocycles. The minimum Gasteiger partial charge on any atom is -0.493 e. The summed E-state index contributed by atoms with van der Waals surface area (Å²) in [5.74, 6) is -1.75. The smallest absolute Gasteiger partial charge is 0.339 e. The molecule has 0 saturated carbocycles. The van der Waals surface area contributed by atoms with Crippen LogP contribution < -0.4 is 19.1 Å². The Morgan fingerprint density at radius 3 is 2.34 bits per heavy atom. The van der Waals surface area contributed by atoms with Crippen LogP contribution in [-0.2, 0) is 26.1 Å². The zero-order valence-corrected chi connectivity index (χ0v) is 21.6. The predicted molar refractivity (Wildman–Crippen MR) is 142 cm³/mol. The van der Waals surface area contributed by atoms with Crippen molar-refractivity contribution >= 4 is 51.3 Å². The highest BCUT2D eigenvalue weighted by molar-refractivity contribution is 7.87. The molecule has 1 aliphatic rings. The van der Waals surface area contributed by atoms with Crippen LogP contribution in [0.15, 0.2) is 89.9 Å². The third-order valence-electron chi connectivity index (χ3n) is 5.46. The summed E-state index contributed by atoms with van der Waals surface area (Å²) in [5.41, 5.74) is 0.596. The Labute approximate surface area is 224 Å². The van der Waals surface area contributed by atoms with Crippen molar-refractivity contribution in [3.8, 4) is 11.5 Å². The molecule has 1 fully saturated rings. The van der Waals surface area contributed by atoms with Gasteiger partial charge in [-0.05, 0) is 66.6 Å². The van der Waals surface area contributed by atoms with Gasteiger partial charge in [0.2, 0.25) is 0 Å². The lowest BCUT2D eigenvalue weighted by molar-refractivity contribution is -0.122. The summed E-state index contributed by atoms with van der Waals surface area (Å²) < 4.78 is 36.6. The van der Waals surface area contributed by atoms with E-state index in [0.29, 0.717) is 16.1 Å². The lowest BCUT2D eigenvalue weighted by atomic mass is 10.0. The molecule has 1 heterocycles. The van der Waals surface area contributed by atoms with E-state index in [1.807, 2.05) is 0 Å². The zero-order valence-electron chi connectivity index (χ0n) is 20.0. The maximum atomic E-state index is 13.2. The number of ether oxygens (including phenoxy) is 1. The first-order chi connectivity index (χ1) is 18.1. The molecule has 1 saturated heterocycles. The first kappa shape index (κ1) is 26.6. The molecule has 3 aromatic rings. The highest BCUT2D eigenvalue weighted by Crippen LogP contribution is 2.36. The second-order valence-corrected chi connectivity index (χ2v) is 9.97. The number of imide groups is 2. The van der Waals surface area contributed by atoms with Crippen LogP contribution in [0, 0.1) is 0 Å². The molecule has 1 aliphatic heterocycles. The van der Waals surface area contributed by atoms with Gasteiger partial charge in [-0.25, -0.2) is 9.69 Å². The number of nitrogens with zero attached hydrogens (tertiary/aromatic N) is 1. The third kappa shape index (κ3) is 5.46. The van der Waals surface area contributed by atoms with Gasteiger partial charge >= 0.3 is 16.1 Å². The van der Waals surface area contributed by atoms with Crippen LogP contribution in [0.3, 0.4) is 0 Å². The van der Waals surface area contributed by atoms with Gasteiger partial charge in [0.05, 0.1) is 12.8 Å². The van der Waals surface area contributed by atoms with Gasteiger partial charge in [-0.15, -0.1) is 6.58 Å². The average molecular weight is 553 g/mol. The minimum absolute atomic E-state index is 0.0463. The average Bonchev–Trinajstić information content (AvgIpc) is 2.89. The fourth-order valence-corrected chi connectivity index (χ4v) is 4.84. The SMILES string of the molecule is C=CCc1cc(/C=C2\C(=O)NC(=O)N(c3ccc(Cl)cc3)C2=O)cc(OC)c1OS(=O)(=O)c1ccccc1. The van der Waals surface area contributed by atoms with Gasteiger partial charge in [0.1, 0.15) is 10.5 Å². The van der Waals surface area contributed by atoms with Gasteiger partial charge in [0.25, 0.3) is 11.8 Å². The summed E-state index contributed by atoms with van der Waals surface area (Å²) in [4.78, 5) is 39.0. The second kappa shape index (κ2) is 10.9. The molecule has 0 spiro atoms. The number of rotatable bonds is 8. The van der Waals surface area contributed by atoms with Gasteiger partial charge in [0, 0.05) is 10.6 Å². The number of hydrogen-bond acceptors (Lipinski definition) is 7. The molecule has 0 bridgehead atoms. The normalized spacial score (nSPS) is 14.8. The van der Waals surface area contributed by atoms with Crippen LogP contribution in [0.25, 0.3) is 6.08 Å². The van der Waals surface area contributed by atoms with Crippen molar-refractivity contribution in [1.82, 2.24) is 5.32 Å². The lowest BCUT2D eigenvalue weighted by Crippen LogP contribution is -2.54. The number of hydrogen-bond donors (Lipinski definition) is 1. The number of urea groups is 1. The summed E-state index contributed by atoms with van der Waals surface area (Å²) in [5, 5.41) is 2.55. The monoisotopic (exact) mass is 552 g/mol. The number of anilines is 1. The van der Waals surface area contributed by atoms with Crippen molar-refractivity contribution in [2.24, 2.45) is 0 Å². The molecular formula is C27H21ClN2O7S. The topological polar surface area (TPSA) is 119 Å². The number of halogens is 1. The molecule has 0 radical (unpaired) electrons. The molecule has 0 unspecified atom stereocenters. The van der Waals surface area contributed by atoms with Crippen LogP contribution in [0.2, 0.25) is 5.02 Å². The van der Waals surface area contributed by atoms with E-state index in [1.165, 1.54) is 67.8 Å². The predicted octanol–water partition coefficient (Wildman–Crippen LogP) is 4.51. The summed E-state index contributed by atoms with van der Waals surface area (Å²) in [6, 6.07) is 15.6.